The minimum absolute atomic E-state index is 0.330. The molecule has 0 aliphatic carbocycles. The van der Waals surface area contributed by atoms with Gasteiger partial charge in [-0.1, -0.05) is 6.92 Å². The fraction of sp³-hybridized carbons (Fsp3) is 0.750. The van der Waals surface area contributed by atoms with Gasteiger partial charge >= 0.3 is 0 Å². The average Bonchev–Trinajstić information content (AvgIpc) is 2.19. The number of ketones is 1. The van der Waals surface area contributed by atoms with E-state index in [1.807, 2.05) is 6.08 Å². The van der Waals surface area contributed by atoms with Crippen LogP contribution in [0.2, 0.25) is 0 Å². The summed E-state index contributed by atoms with van der Waals surface area (Å²) in [7, 11) is 0. The van der Waals surface area contributed by atoms with Crippen LogP contribution in [0.5, 0.6) is 0 Å². The molecule has 3 rings (SSSR count). The summed E-state index contributed by atoms with van der Waals surface area (Å²) in [5.41, 5.74) is 1.40. The molecule has 0 radical (unpaired) electrons. The van der Waals surface area contributed by atoms with Crippen molar-refractivity contribution in [1.29, 1.82) is 0 Å². The van der Waals surface area contributed by atoms with Crippen molar-refractivity contribution in [3.63, 3.8) is 0 Å². The highest BCUT2D eigenvalue weighted by Crippen LogP contribution is 2.31. The van der Waals surface area contributed by atoms with E-state index in [0.29, 0.717) is 5.78 Å². The van der Waals surface area contributed by atoms with Gasteiger partial charge in [0.15, 0.2) is 5.78 Å². The Hall–Kier alpha value is -0.630. The number of piperidine rings is 3. The molecular weight excluding hydrogens is 174 g/mol. The van der Waals surface area contributed by atoms with Gasteiger partial charge in [-0.3, -0.25) is 9.69 Å². The van der Waals surface area contributed by atoms with Crippen LogP contribution in [0.4, 0.5) is 0 Å². The minimum atomic E-state index is 0.330. The molecule has 0 aromatic heterocycles. The van der Waals surface area contributed by atoms with Crippen LogP contribution in [0.15, 0.2) is 11.6 Å². The summed E-state index contributed by atoms with van der Waals surface area (Å²) in [5.74, 6) is 1.05. The van der Waals surface area contributed by atoms with Crippen LogP contribution in [0.1, 0.15) is 32.6 Å². The highest BCUT2D eigenvalue weighted by Gasteiger charge is 2.29. The minimum Gasteiger partial charge on any atom is -0.299 e. The summed E-state index contributed by atoms with van der Waals surface area (Å²) >= 11 is 0. The molecule has 0 aromatic rings. The molecule has 0 amide bonds. The topological polar surface area (TPSA) is 20.3 Å². The third-order valence-electron chi connectivity index (χ3n) is 3.36. The van der Waals surface area contributed by atoms with Crippen LogP contribution in [-0.2, 0) is 4.79 Å². The van der Waals surface area contributed by atoms with E-state index in [-0.39, 0.29) is 0 Å². The Morgan fingerprint density at radius 2 is 2.21 bits per heavy atom. The van der Waals surface area contributed by atoms with Crippen LogP contribution in [0, 0.1) is 5.92 Å². The molecule has 3 aliphatic heterocycles. The molecule has 2 nitrogen and oxygen atoms in total. The van der Waals surface area contributed by atoms with Crippen molar-refractivity contribution >= 4 is 5.78 Å². The molecule has 0 N–H and O–H groups in total. The molecule has 0 atom stereocenters. The lowest BCUT2D eigenvalue weighted by Gasteiger charge is -2.41. The van der Waals surface area contributed by atoms with Gasteiger partial charge in [-0.2, -0.15) is 0 Å². The Morgan fingerprint density at radius 1 is 1.50 bits per heavy atom. The van der Waals surface area contributed by atoms with Crippen LogP contribution in [0.3, 0.4) is 0 Å². The molecular formula is C12H19NO. The standard InChI is InChI=1S/C12H19NO/c1-2-3-12(14)8-11-9-13-6-4-10(11)5-7-13/h8,10H,2-7,9H2,1H3/b11-8+. The Morgan fingerprint density at radius 3 is 2.71 bits per heavy atom. The van der Waals surface area contributed by atoms with Crippen molar-refractivity contribution in [1.82, 2.24) is 4.90 Å². The summed E-state index contributed by atoms with van der Waals surface area (Å²) in [6, 6.07) is 0. The van der Waals surface area contributed by atoms with E-state index >= 15 is 0 Å². The molecule has 0 saturated carbocycles. The molecule has 0 unspecified atom stereocenters. The first-order chi connectivity index (χ1) is 6.79. The van der Waals surface area contributed by atoms with Gasteiger partial charge in [0.25, 0.3) is 0 Å². The first kappa shape index (κ1) is 9.91. The van der Waals surface area contributed by atoms with Crippen molar-refractivity contribution in [3.05, 3.63) is 11.6 Å². The molecule has 3 heterocycles. The van der Waals surface area contributed by atoms with E-state index in [1.165, 1.54) is 31.5 Å². The number of fused-ring (bicyclic) bond motifs is 3. The number of hydrogen-bond donors (Lipinski definition) is 0. The molecule has 3 saturated heterocycles. The van der Waals surface area contributed by atoms with Crippen molar-refractivity contribution in [2.24, 2.45) is 5.92 Å². The van der Waals surface area contributed by atoms with Crippen molar-refractivity contribution in [2.75, 3.05) is 19.6 Å². The van der Waals surface area contributed by atoms with E-state index in [1.54, 1.807) is 0 Å². The maximum atomic E-state index is 11.5. The first-order valence-corrected chi connectivity index (χ1v) is 5.75. The highest BCUT2D eigenvalue weighted by molar-refractivity contribution is 5.90. The second kappa shape index (κ2) is 4.26. The predicted molar refractivity (Wildman–Crippen MR) is 57.2 cm³/mol. The summed E-state index contributed by atoms with van der Waals surface area (Å²) < 4.78 is 0. The van der Waals surface area contributed by atoms with Gasteiger partial charge in [-0.15, -0.1) is 0 Å². The fourth-order valence-electron chi connectivity index (χ4n) is 2.54. The average molecular weight is 193 g/mol. The fourth-order valence-corrected chi connectivity index (χ4v) is 2.54. The molecule has 78 valence electrons. The van der Waals surface area contributed by atoms with E-state index < -0.39 is 0 Å². The monoisotopic (exact) mass is 193 g/mol. The molecule has 0 aromatic carbocycles. The lowest BCUT2D eigenvalue weighted by molar-refractivity contribution is -0.114. The van der Waals surface area contributed by atoms with E-state index in [4.69, 9.17) is 0 Å². The number of nitrogens with zero attached hydrogens (tertiary/aromatic N) is 1. The number of carbonyl (C=O) groups is 1. The van der Waals surface area contributed by atoms with Gasteiger partial charge in [0, 0.05) is 13.0 Å². The number of allylic oxidation sites excluding steroid dienone is 1. The summed E-state index contributed by atoms with van der Waals surface area (Å²) in [5, 5.41) is 0. The zero-order valence-electron chi connectivity index (χ0n) is 8.96. The third kappa shape index (κ3) is 2.06. The molecule has 2 bridgehead atoms. The lowest BCUT2D eigenvalue weighted by atomic mass is 9.83. The van der Waals surface area contributed by atoms with Crippen LogP contribution in [0.25, 0.3) is 0 Å². The first-order valence-electron chi connectivity index (χ1n) is 5.75. The SMILES string of the molecule is CCCC(=O)/C=C1\CN2CCC1CC2. The van der Waals surface area contributed by atoms with Crippen molar-refractivity contribution in [2.45, 2.75) is 32.6 Å². The zero-order valence-corrected chi connectivity index (χ0v) is 8.96. The van der Waals surface area contributed by atoms with Crippen LogP contribution in [-0.4, -0.2) is 30.3 Å². The van der Waals surface area contributed by atoms with Gasteiger partial charge in [0.2, 0.25) is 0 Å². The number of carbonyl (C=O) groups excluding carboxylic acids is 1. The largest absolute Gasteiger partial charge is 0.299 e. The molecule has 14 heavy (non-hydrogen) atoms. The molecule has 3 aliphatic rings. The Balaban J connectivity index is 2.00. The Bertz CT molecular complexity index is 249. The van der Waals surface area contributed by atoms with Gasteiger partial charge < -0.3 is 0 Å². The van der Waals surface area contributed by atoms with Crippen molar-refractivity contribution < 1.29 is 4.79 Å². The second-order valence-corrected chi connectivity index (χ2v) is 4.49. The smallest absolute Gasteiger partial charge is 0.155 e. The number of rotatable bonds is 3. The maximum absolute atomic E-state index is 11.5. The predicted octanol–water partition coefficient (Wildman–Crippen LogP) is 2.01. The summed E-state index contributed by atoms with van der Waals surface area (Å²) in [4.78, 5) is 14.0. The van der Waals surface area contributed by atoms with E-state index in [2.05, 4.69) is 11.8 Å². The normalized spacial score (nSPS) is 33.6. The molecule has 0 spiro atoms. The van der Waals surface area contributed by atoms with Gasteiger partial charge in [-0.25, -0.2) is 0 Å². The summed E-state index contributed by atoms with van der Waals surface area (Å²) in [6.07, 6.45) is 6.16. The summed E-state index contributed by atoms with van der Waals surface area (Å²) in [6.45, 7) is 5.60. The van der Waals surface area contributed by atoms with E-state index in [0.717, 1.165) is 25.3 Å². The molecule has 2 heteroatoms. The lowest BCUT2D eigenvalue weighted by Crippen LogP contribution is -2.43. The van der Waals surface area contributed by atoms with E-state index in [9.17, 15) is 4.79 Å². The molecule has 3 fully saturated rings. The maximum Gasteiger partial charge on any atom is 0.155 e. The van der Waals surface area contributed by atoms with Gasteiger partial charge in [0.1, 0.15) is 0 Å². The number of hydrogen-bond acceptors (Lipinski definition) is 2. The van der Waals surface area contributed by atoms with Crippen LogP contribution >= 0.6 is 0 Å². The Labute approximate surface area is 86.0 Å². The van der Waals surface area contributed by atoms with Gasteiger partial charge in [-0.05, 0) is 49.9 Å². The highest BCUT2D eigenvalue weighted by atomic mass is 16.1. The van der Waals surface area contributed by atoms with Crippen molar-refractivity contribution in [3.8, 4) is 0 Å². The zero-order chi connectivity index (χ0) is 9.97. The third-order valence-corrected chi connectivity index (χ3v) is 3.36. The second-order valence-electron chi connectivity index (χ2n) is 4.49. The quantitative estimate of drug-likeness (QED) is 0.639. The Kier molecular flexibility index (Phi) is 3.02. The van der Waals surface area contributed by atoms with Gasteiger partial charge in [0.05, 0.1) is 0 Å². The van der Waals surface area contributed by atoms with Crippen LogP contribution < -0.4 is 0 Å².